The number of carboxylic acids is 1. The minimum Gasteiger partial charge on any atom is -0.481 e. The average molecular weight is 291 g/mol. The molecule has 1 fully saturated rings. The number of hydrogen-bond donors (Lipinski definition) is 2. The molecular formula is C13H25NO4S. The van der Waals surface area contributed by atoms with Gasteiger partial charge in [0.25, 0.3) is 0 Å². The number of rotatable bonds is 8. The molecule has 0 spiro atoms. The summed E-state index contributed by atoms with van der Waals surface area (Å²) in [5, 5.41) is 8.58. The van der Waals surface area contributed by atoms with Gasteiger partial charge in [0.2, 0.25) is 10.0 Å². The molecule has 1 rings (SSSR count). The van der Waals surface area contributed by atoms with Crippen molar-refractivity contribution >= 4 is 16.0 Å². The van der Waals surface area contributed by atoms with Crippen molar-refractivity contribution in [1.82, 2.24) is 4.72 Å². The minimum absolute atomic E-state index is 0.0192. The number of carbonyl (C=O) groups is 1. The SMILES string of the molecule is CC(C)C[C@H](CNS(=O)(=O)C1CCCC1)CC(=O)O. The van der Waals surface area contributed by atoms with E-state index in [1.165, 1.54) is 0 Å². The number of aliphatic carboxylic acids is 1. The second-order valence-corrected chi connectivity index (χ2v) is 7.94. The standard InChI is InChI=1S/C13H25NO4S/c1-10(2)7-11(8-13(15)16)9-14-19(17,18)12-5-3-4-6-12/h10-12,14H,3-9H2,1-2H3,(H,15,16)/t11-/m0/s1. The van der Waals surface area contributed by atoms with E-state index in [9.17, 15) is 13.2 Å². The number of sulfonamides is 1. The van der Waals surface area contributed by atoms with E-state index >= 15 is 0 Å². The van der Waals surface area contributed by atoms with Gasteiger partial charge in [-0.15, -0.1) is 0 Å². The topological polar surface area (TPSA) is 83.5 Å². The summed E-state index contributed by atoms with van der Waals surface area (Å²) in [4.78, 5) is 10.8. The van der Waals surface area contributed by atoms with E-state index in [1.807, 2.05) is 13.8 Å². The maximum absolute atomic E-state index is 12.1. The normalized spacial score (nSPS) is 18.9. The molecule has 6 heteroatoms. The maximum atomic E-state index is 12.1. The third-order valence-corrected chi connectivity index (χ3v) is 5.50. The van der Waals surface area contributed by atoms with Gasteiger partial charge in [-0.2, -0.15) is 0 Å². The molecule has 1 saturated carbocycles. The van der Waals surface area contributed by atoms with Crippen molar-refractivity contribution in [2.75, 3.05) is 6.54 Å². The highest BCUT2D eigenvalue weighted by Gasteiger charge is 2.29. The van der Waals surface area contributed by atoms with E-state index in [2.05, 4.69) is 4.72 Å². The molecule has 0 saturated heterocycles. The van der Waals surface area contributed by atoms with Crippen LogP contribution in [0.25, 0.3) is 0 Å². The lowest BCUT2D eigenvalue weighted by atomic mass is 9.94. The van der Waals surface area contributed by atoms with E-state index < -0.39 is 16.0 Å². The van der Waals surface area contributed by atoms with Crippen molar-refractivity contribution < 1.29 is 18.3 Å². The smallest absolute Gasteiger partial charge is 0.303 e. The Kier molecular flexibility index (Phi) is 6.26. The average Bonchev–Trinajstić information content (AvgIpc) is 2.78. The first-order valence-corrected chi connectivity index (χ1v) is 8.56. The molecule has 1 aliphatic carbocycles. The minimum atomic E-state index is -3.27. The lowest BCUT2D eigenvalue weighted by molar-refractivity contribution is -0.138. The fourth-order valence-electron chi connectivity index (χ4n) is 2.70. The highest BCUT2D eigenvalue weighted by atomic mass is 32.2. The first-order valence-electron chi connectivity index (χ1n) is 7.01. The summed E-state index contributed by atoms with van der Waals surface area (Å²) in [7, 11) is -3.27. The van der Waals surface area contributed by atoms with Crippen LogP contribution in [-0.2, 0) is 14.8 Å². The van der Waals surface area contributed by atoms with E-state index in [4.69, 9.17) is 5.11 Å². The molecule has 2 N–H and O–H groups in total. The second-order valence-electron chi connectivity index (χ2n) is 5.89. The zero-order valence-electron chi connectivity index (χ0n) is 11.8. The van der Waals surface area contributed by atoms with Gasteiger partial charge in [-0.3, -0.25) is 4.79 Å². The molecule has 1 aliphatic rings. The summed E-state index contributed by atoms with van der Waals surface area (Å²) in [6, 6.07) is 0. The monoisotopic (exact) mass is 291 g/mol. The number of hydrogen-bond acceptors (Lipinski definition) is 3. The Morgan fingerprint density at radius 2 is 1.89 bits per heavy atom. The number of nitrogens with one attached hydrogen (secondary N) is 1. The lowest BCUT2D eigenvalue weighted by Crippen LogP contribution is -2.36. The molecule has 112 valence electrons. The van der Waals surface area contributed by atoms with Crippen LogP contribution in [0.5, 0.6) is 0 Å². The van der Waals surface area contributed by atoms with Crippen molar-refractivity contribution in [3.8, 4) is 0 Å². The van der Waals surface area contributed by atoms with Gasteiger partial charge in [0.15, 0.2) is 0 Å². The maximum Gasteiger partial charge on any atom is 0.303 e. The van der Waals surface area contributed by atoms with Crippen molar-refractivity contribution in [2.45, 2.75) is 57.6 Å². The largest absolute Gasteiger partial charge is 0.481 e. The van der Waals surface area contributed by atoms with Gasteiger partial charge in [-0.05, 0) is 31.1 Å². The molecule has 19 heavy (non-hydrogen) atoms. The van der Waals surface area contributed by atoms with Gasteiger partial charge in [0, 0.05) is 13.0 Å². The van der Waals surface area contributed by atoms with E-state index in [1.54, 1.807) is 0 Å². The van der Waals surface area contributed by atoms with Crippen molar-refractivity contribution in [3.05, 3.63) is 0 Å². The van der Waals surface area contributed by atoms with Crippen LogP contribution in [0.2, 0.25) is 0 Å². The molecule has 0 aromatic carbocycles. The van der Waals surface area contributed by atoms with Crippen molar-refractivity contribution in [2.24, 2.45) is 11.8 Å². The zero-order chi connectivity index (χ0) is 14.5. The molecule has 0 amide bonds. The lowest BCUT2D eigenvalue weighted by Gasteiger charge is -2.19. The summed E-state index contributed by atoms with van der Waals surface area (Å²) in [6.07, 6.45) is 4.13. The van der Waals surface area contributed by atoms with E-state index in [-0.39, 0.29) is 24.1 Å². The predicted octanol–water partition coefficient (Wildman–Crippen LogP) is 1.99. The Balaban J connectivity index is 2.51. The summed E-state index contributed by atoms with van der Waals surface area (Å²) in [5.74, 6) is -0.639. The van der Waals surface area contributed by atoms with Crippen LogP contribution in [0.4, 0.5) is 0 Å². The first kappa shape index (κ1) is 16.4. The summed E-state index contributed by atoms with van der Waals surface area (Å²) < 4.78 is 26.7. The molecule has 5 nitrogen and oxygen atoms in total. The predicted molar refractivity (Wildman–Crippen MR) is 74.4 cm³/mol. The van der Waals surface area contributed by atoms with Gasteiger partial charge in [-0.25, -0.2) is 13.1 Å². The molecule has 0 radical (unpaired) electrons. The van der Waals surface area contributed by atoms with Crippen molar-refractivity contribution in [3.63, 3.8) is 0 Å². The van der Waals surface area contributed by atoms with Gasteiger partial charge in [0.05, 0.1) is 5.25 Å². The quantitative estimate of drug-likeness (QED) is 0.716. The summed E-state index contributed by atoms with van der Waals surface area (Å²) in [6.45, 7) is 4.27. The van der Waals surface area contributed by atoms with Crippen LogP contribution in [-0.4, -0.2) is 31.3 Å². The Morgan fingerprint density at radius 1 is 1.32 bits per heavy atom. The third-order valence-electron chi connectivity index (χ3n) is 3.58. The molecular weight excluding hydrogens is 266 g/mol. The Morgan fingerprint density at radius 3 is 2.37 bits per heavy atom. The first-order chi connectivity index (χ1) is 8.81. The Bertz CT molecular complexity index is 385. The molecule has 0 aliphatic heterocycles. The highest BCUT2D eigenvalue weighted by Crippen LogP contribution is 2.24. The number of carboxylic acid groups (broad SMARTS) is 1. The van der Waals surface area contributed by atoms with Crippen LogP contribution < -0.4 is 4.72 Å². The van der Waals surface area contributed by atoms with Crippen LogP contribution in [0.3, 0.4) is 0 Å². The van der Waals surface area contributed by atoms with Crippen molar-refractivity contribution in [1.29, 1.82) is 0 Å². The fourth-order valence-corrected chi connectivity index (χ4v) is 4.36. The third kappa shape index (κ3) is 5.91. The molecule has 0 aromatic rings. The molecule has 1 atom stereocenters. The van der Waals surface area contributed by atoms with Gasteiger partial charge < -0.3 is 5.11 Å². The molecule has 0 unspecified atom stereocenters. The summed E-state index contributed by atoms with van der Waals surface area (Å²) in [5.41, 5.74) is 0. The summed E-state index contributed by atoms with van der Waals surface area (Å²) >= 11 is 0. The van der Waals surface area contributed by atoms with Gasteiger partial charge >= 0.3 is 5.97 Å². The van der Waals surface area contributed by atoms with E-state index in [0.29, 0.717) is 5.92 Å². The molecule has 0 aromatic heterocycles. The van der Waals surface area contributed by atoms with E-state index in [0.717, 1.165) is 32.1 Å². The Labute approximate surface area is 115 Å². The van der Waals surface area contributed by atoms with Gasteiger partial charge in [-0.1, -0.05) is 26.7 Å². The van der Waals surface area contributed by atoms with Crippen LogP contribution in [0.1, 0.15) is 52.4 Å². The molecule has 0 bridgehead atoms. The van der Waals surface area contributed by atoms with Crippen LogP contribution in [0.15, 0.2) is 0 Å². The molecule has 0 heterocycles. The fraction of sp³-hybridized carbons (Fsp3) is 0.923. The zero-order valence-corrected chi connectivity index (χ0v) is 12.6. The highest BCUT2D eigenvalue weighted by molar-refractivity contribution is 7.90. The van der Waals surface area contributed by atoms with Crippen LogP contribution >= 0.6 is 0 Å². The second kappa shape index (κ2) is 7.24. The Hall–Kier alpha value is -0.620. The van der Waals surface area contributed by atoms with Crippen LogP contribution in [0, 0.1) is 11.8 Å². The van der Waals surface area contributed by atoms with Gasteiger partial charge in [0.1, 0.15) is 0 Å².